The Bertz CT molecular complexity index is 895. The molecule has 282 valence electrons. The molecule has 3 rings (SSSR count). The average molecular weight is 689 g/mol. The van der Waals surface area contributed by atoms with Crippen molar-refractivity contribution in [2.75, 3.05) is 13.1 Å². The maximum absolute atomic E-state index is 12.5. The van der Waals surface area contributed by atoms with Crippen molar-refractivity contribution >= 4 is 5.91 Å². The number of hydrogen-bond donors (Lipinski definition) is 9. The third kappa shape index (κ3) is 13.3. The van der Waals surface area contributed by atoms with Gasteiger partial charge in [0, 0.05) is 38.0 Å². The lowest BCUT2D eigenvalue weighted by atomic mass is 9.86. The van der Waals surface area contributed by atoms with Gasteiger partial charge in [0.2, 0.25) is 5.91 Å². The van der Waals surface area contributed by atoms with Crippen molar-refractivity contribution in [2.45, 2.75) is 196 Å². The lowest BCUT2D eigenvalue weighted by Crippen LogP contribution is -2.65. The quantitative estimate of drug-likeness (QED) is 0.0738. The molecule has 3 aliphatic rings. The number of amides is 1. The summed E-state index contributed by atoms with van der Waals surface area (Å²) in [5.74, 6) is -0.123. The van der Waals surface area contributed by atoms with Crippen LogP contribution in [-0.4, -0.2) is 114 Å². The van der Waals surface area contributed by atoms with E-state index < -0.39 is 79.5 Å². The molecule has 0 bridgehead atoms. The second-order valence-corrected chi connectivity index (χ2v) is 14.3. The normalized spacial score (nSPS) is 37.4. The highest BCUT2D eigenvalue weighted by Gasteiger charge is 2.47. The Morgan fingerprint density at radius 2 is 1.21 bits per heavy atom. The summed E-state index contributed by atoms with van der Waals surface area (Å²) in [5, 5.41) is 34.5. The molecule has 14 heteroatoms. The largest absolute Gasteiger partial charge is 0.390 e. The molecule has 2 aliphatic heterocycles. The number of ether oxygens (including phenoxy) is 4. The number of rotatable bonds is 21. The zero-order valence-corrected chi connectivity index (χ0v) is 29.2. The standard InChI is InChI=1S/C34H68N6O8/c1-2-3-4-5-6-7-8-9-10-11-12-13-14-15-29(42)40-20-28-31(43)30(39)32(44)34(48-28)46-26-18-25(21(36)16-22(26)37)45-33-23(38)17-24(41)27(19-35)47-33/h21-28,30-34,41,43-44H,2-20,35-39H2,1H3,(H,40,42)/t21-,22+,23-,24+,25-,26+,27-,28+,30-,31+,32+,33+,34-/m0/s1. The number of nitrogens with two attached hydrogens (primary N) is 5. The van der Waals surface area contributed by atoms with Crippen molar-refractivity contribution in [1.82, 2.24) is 5.32 Å². The van der Waals surface area contributed by atoms with Crippen LogP contribution < -0.4 is 34.0 Å². The van der Waals surface area contributed by atoms with Gasteiger partial charge in [-0.25, -0.2) is 0 Å². The number of carbonyl (C=O) groups is 1. The van der Waals surface area contributed by atoms with Crippen LogP contribution in [0, 0.1) is 0 Å². The highest BCUT2D eigenvalue weighted by molar-refractivity contribution is 5.75. The van der Waals surface area contributed by atoms with E-state index in [0.717, 1.165) is 19.3 Å². The van der Waals surface area contributed by atoms with Crippen LogP contribution in [0.2, 0.25) is 0 Å². The SMILES string of the molecule is CCCCCCCCCCCCCCCC(=O)NC[C@H]1O[C@H](O[C@@H]2C[C@H](O[C@@H]3O[C@@H](CN)[C@H](O)C[C@@H]3N)[C@@H](N)C[C@H]2N)[C@H](O)[C@@H](N)[C@@H]1O. The first kappa shape index (κ1) is 41.4. The Balaban J connectivity index is 1.37. The molecule has 48 heavy (non-hydrogen) atoms. The third-order valence-corrected chi connectivity index (χ3v) is 10.2. The molecule has 14 nitrogen and oxygen atoms in total. The Hall–Kier alpha value is -1.01. The summed E-state index contributed by atoms with van der Waals surface area (Å²) < 4.78 is 24.1. The van der Waals surface area contributed by atoms with Gasteiger partial charge in [-0.05, 0) is 19.3 Å². The Kier molecular flexibility index (Phi) is 19.0. The number of nitrogens with one attached hydrogen (secondary N) is 1. The maximum Gasteiger partial charge on any atom is 0.220 e. The Labute approximate surface area is 287 Å². The minimum absolute atomic E-state index is 0.0249. The molecule has 1 saturated carbocycles. The molecule has 0 radical (unpaired) electrons. The van der Waals surface area contributed by atoms with E-state index in [0.29, 0.717) is 12.8 Å². The van der Waals surface area contributed by atoms with Crippen LogP contribution in [0.4, 0.5) is 0 Å². The molecular weight excluding hydrogens is 620 g/mol. The van der Waals surface area contributed by atoms with Gasteiger partial charge in [-0.3, -0.25) is 4.79 Å². The zero-order valence-electron chi connectivity index (χ0n) is 29.2. The maximum atomic E-state index is 12.5. The van der Waals surface area contributed by atoms with Crippen LogP contribution in [0.3, 0.4) is 0 Å². The number of aliphatic hydroxyl groups is 3. The van der Waals surface area contributed by atoms with Gasteiger partial charge in [-0.1, -0.05) is 84.0 Å². The van der Waals surface area contributed by atoms with E-state index in [4.69, 9.17) is 47.6 Å². The van der Waals surface area contributed by atoms with Crippen molar-refractivity contribution in [2.24, 2.45) is 28.7 Å². The fourth-order valence-corrected chi connectivity index (χ4v) is 6.96. The van der Waals surface area contributed by atoms with Crippen LogP contribution in [0.5, 0.6) is 0 Å². The second-order valence-electron chi connectivity index (χ2n) is 14.3. The molecule has 0 spiro atoms. The van der Waals surface area contributed by atoms with Crippen molar-refractivity contribution in [1.29, 1.82) is 0 Å². The monoisotopic (exact) mass is 689 g/mol. The van der Waals surface area contributed by atoms with Gasteiger partial charge in [0.05, 0.1) is 42.6 Å². The molecule has 3 fully saturated rings. The van der Waals surface area contributed by atoms with E-state index in [1.807, 2.05) is 0 Å². The summed E-state index contributed by atoms with van der Waals surface area (Å²) in [6.45, 7) is 2.39. The Morgan fingerprint density at radius 1 is 0.688 bits per heavy atom. The van der Waals surface area contributed by atoms with Crippen LogP contribution >= 0.6 is 0 Å². The fourth-order valence-electron chi connectivity index (χ4n) is 6.96. The number of unbranched alkanes of at least 4 members (excludes halogenated alkanes) is 12. The smallest absolute Gasteiger partial charge is 0.220 e. The second kappa shape index (κ2) is 22.0. The Morgan fingerprint density at radius 3 is 1.77 bits per heavy atom. The fraction of sp³-hybridized carbons (Fsp3) is 0.971. The molecule has 0 aromatic carbocycles. The van der Waals surface area contributed by atoms with E-state index in [1.54, 1.807) is 0 Å². The summed E-state index contributed by atoms with van der Waals surface area (Å²) in [4.78, 5) is 12.5. The summed E-state index contributed by atoms with van der Waals surface area (Å²) in [7, 11) is 0. The van der Waals surface area contributed by atoms with Crippen LogP contribution in [0.1, 0.15) is 116 Å². The summed E-state index contributed by atoms with van der Waals surface area (Å²) in [6, 6.07) is -2.56. The van der Waals surface area contributed by atoms with Crippen molar-refractivity contribution in [3.8, 4) is 0 Å². The van der Waals surface area contributed by atoms with Crippen molar-refractivity contribution in [3.63, 3.8) is 0 Å². The summed E-state index contributed by atoms with van der Waals surface area (Å²) in [5.41, 5.74) is 30.8. The molecule has 14 N–H and O–H groups in total. The summed E-state index contributed by atoms with van der Waals surface area (Å²) in [6.07, 6.45) is 9.36. The molecular formula is C34H68N6O8. The highest BCUT2D eigenvalue weighted by atomic mass is 16.7. The van der Waals surface area contributed by atoms with E-state index in [-0.39, 0.29) is 31.8 Å². The van der Waals surface area contributed by atoms with Gasteiger partial charge in [-0.2, -0.15) is 0 Å². The van der Waals surface area contributed by atoms with Gasteiger partial charge in [0.25, 0.3) is 0 Å². The molecule has 2 heterocycles. The predicted molar refractivity (Wildman–Crippen MR) is 183 cm³/mol. The van der Waals surface area contributed by atoms with Crippen LogP contribution in [0.25, 0.3) is 0 Å². The third-order valence-electron chi connectivity index (χ3n) is 10.2. The first-order valence-corrected chi connectivity index (χ1v) is 18.7. The average Bonchev–Trinajstić information content (AvgIpc) is 3.06. The van der Waals surface area contributed by atoms with E-state index in [1.165, 1.54) is 64.2 Å². The van der Waals surface area contributed by atoms with Gasteiger partial charge in [0.1, 0.15) is 12.2 Å². The first-order chi connectivity index (χ1) is 23.0. The van der Waals surface area contributed by atoms with Crippen molar-refractivity contribution in [3.05, 3.63) is 0 Å². The number of aliphatic hydroxyl groups excluding tert-OH is 3. The molecule has 1 aliphatic carbocycles. The molecule has 0 aromatic heterocycles. The van der Waals surface area contributed by atoms with Gasteiger partial charge in [0.15, 0.2) is 12.6 Å². The van der Waals surface area contributed by atoms with E-state index in [2.05, 4.69) is 12.2 Å². The molecule has 0 unspecified atom stereocenters. The highest BCUT2D eigenvalue weighted by Crippen LogP contribution is 2.30. The zero-order chi connectivity index (χ0) is 35.1. The van der Waals surface area contributed by atoms with E-state index >= 15 is 0 Å². The lowest BCUT2D eigenvalue weighted by molar-refractivity contribution is -0.295. The molecule has 13 atom stereocenters. The lowest BCUT2D eigenvalue weighted by Gasteiger charge is -2.46. The van der Waals surface area contributed by atoms with Crippen LogP contribution in [0.15, 0.2) is 0 Å². The molecule has 0 aromatic rings. The first-order valence-electron chi connectivity index (χ1n) is 18.7. The minimum Gasteiger partial charge on any atom is -0.390 e. The van der Waals surface area contributed by atoms with Crippen molar-refractivity contribution < 1.29 is 39.1 Å². The summed E-state index contributed by atoms with van der Waals surface area (Å²) >= 11 is 0. The van der Waals surface area contributed by atoms with Gasteiger partial charge in [-0.15, -0.1) is 0 Å². The minimum atomic E-state index is -1.33. The topological polar surface area (TPSA) is 257 Å². The number of hydrogen-bond acceptors (Lipinski definition) is 13. The van der Waals surface area contributed by atoms with Crippen LogP contribution in [-0.2, 0) is 23.7 Å². The molecule has 2 saturated heterocycles. The molecule has 1 amide bonds. The predicted octanol–water partition coefficient (Wildman–Crippen LogP) is 0.339. The number of carbonyl (C=O) groups excluding carboxylic acids is 1. The van der Waals surface area contributed by atoms with Gasteiger partial charge >= 0.3 is 0 Å². The van der Waals surface area contributed by atoms with Gasteiger partial charge < -0.3 is 68.3 Å². The van der Waals surface area contributed by atoms with E-state index in [9.17, 15) is 20.1 Å².